The molecule has 3 rings (SSSR count). The highest BCUT2D eigenvalue weighted by Crippen LogP contribution is 2.34. The SMILES string of the molecule is COc1ccc2sc(C(=O)N3CCC(CO)CC3)c(C)c2c1. The second-order valence-electron chi connectivity index (χ2n) is 5.84. The number of thiophene rings is 1. The maximum atomic E-state index is 12.8. The van der Waals surface area contributed by atoms with Crippen LogP contribution in [-0.2, 0) is 0 Å². The van der Waals surface area contributed by atoms with E-state index in [0.717, 1.165) is 52.2 Å². The fourth-order valence-corrected chi connectivity index (χ4v) is 4.15. The normalized spacial score (nSPS) is 16.2. The van der Waals surface area contributed by atoms with Crippen molar-refractivity contribution in [1.29, 1.82) is 0 Å². The van der Waals surface area contributed by atoms with Crippen LogP contribution in [-0.4, -0.2) is 42.7 Å². The van der Waals surface area contributed by atoms with Gasteiger partial charge in [-0.05, 0) is 54.8 Å². The number of amides is 1. The van der Waals surface area contributed by atoms with Crippen LogP contribution >= 0.6 is 11.3 Å². The second-order valence-corrected chi connectivity index (χ2v) is 6.89. The molecule has 1 aliphatic rings. The lowest BCUT2D eigenvalue weighted by Gasteiger charge is -2.31. The van der Waals surface area contributed by atoms with Gasteiger partial charge >= 0.3 is 0 Å². The summed E-state index contributed by atoms with van der Waals surface area (Å²) in [5, 5.41) is 10.3. The Balaban J connectivity index is 1.86. The highest BCUT2D eigenvalue weighted by Gasteiger charge is 2.26. The third-order valence-corrected chi connectivity index (χ3v) is 5.76. The van der Waals surface area contributed by atoms with E-state index in [1.807, 2.05) is 30.0 Å². The molecule has 5 heteroatoms. The molecule has 2 heterocycles. The van der Waals surface area contributed by atoms with E-state index in [0.29, 0.717) is 5.92 Å². The zero-order chi connectivity index (χ0) is 15.7. The lowest BCUT2D eigenvalue weighted by atomic mass is 9.97. The van der Waals surface area contributed by atoms with Gasteiger partial charge in [0, 0.05) is 24.4 Å². The minimum absolute atomic E-state index is 0.119. The van der Waals surface area contributed by atoms with Crippen molar-refractivity contribution < 1.29 is 14.6 Å². The van der Waals surface area contributed by atoms with E-state index < -0.39 is 0 Å². The van der Waals surface area contributed by atoms with E-state index in [9.17, 15) is 9.90 Å². The number of aryl methyl sites for hydroxylation is 1. The summed E-state index contributed by atoms with van der Waals surface area (Å²) < 4.78 is 6.39. The lowest BCUT2D eigenvalue weighted by Crippen LogP contribution is -2.39. The first-order valence-corrected chi connectivity index (χ1v) is 8.43. The number of aliphatic hydroxyl groups is 1. The third kappa shape index (κ3) is 2.71. The highest BCUT2D eigenvalue weighted by molar-refractivity contribution is 7.21. The Morgan fingerprint density at radius 1 is 1.41 bits per heavy atom. The Labute approximate surface area is 134 Å². The fraction of sp³-hybridized carbons (Fsp3) is 0.471. The Hall–Kier alpha value is -1.59. The summed E-state index contributed by atoms with van der Waals surface area (Å²) in [6, 6.07) is 5.94. The number of piperidine rings is 1. The van der Waals surface area contributed by atoms with Gasteiger partial charge in [-0.1, -0.05) is 0 Å². The van der Waals surface area contributed by atoms with Crippen molar-refractivity contribution in [3.8, 4) is 5.75 Å². The minimum atomic E-state index is 0.119. The van der Waals surface area contributed by atoms with Crippen molar-refractivity contribution >= 4 is 27.3 Å². The van der Waals surface area contributed by atoms with E-state index in [4.69, 9.17) is 4.74 Å². The van der Waals surface area contributed by atoms with Gasteiger partial charge in [0.2, 0.25) is 0 Å². The van der Waals surface area contributed by atoms with Gasteiger partial charge in [0.15, 0.2) is 0 Å². The van der Waals surface area contributed by atoms with Crippen molar-refractivity contribution in [2.75, 3.05) is 26.8 Å². The van der Waals surface area contributed by atoms with Gasteiger partial charge in [-0.15, -0.1) is 11.3 Å². The quantitative estimate of drug-likeness (QED) is 0.946. The number of fused-ring (bicyclic) bond motifs is 1. The smallest absolute Gasteiger partial charge is 0.264 e. The number of likely N-dealkylation sites (tertiary alicyclic amines) is 1. The molecule has 0 spiro atoms. The predicted octanol–water partition coefficient (Wildman–Crippen LogP) is 3.06. The van der Waals surface area contributed by atoms with Gasteiger partial charge < -0.3 is 14.7 Å². The van der Waals surface area contributed by atoms with Gasteiger partial charge in [-0.3, -0.25) is 4.79 Å². The topological polar surface area (TPSA) is 49.8 Å². The van der Waals surface area contributed by atoms with Crippen LogP contribution in [0, 0.1) is 12.8 Å². The van der Waals surface area contributed by atoms with Gasteiger partial charge in [0.1, 0.15) is 5.75 Å². The lowest BCUT2D eigenvalue weighted by molar-refractivity contribution is 0.0655. The highest BCUT2D eigenvalue weighted by atomic mass is 32.1. The number of hydrogen-bond acceptors (Lipinski definition) is 4. The fourth-order valence-electron chi connectivity index (χ4n) is 2.99. The molecule has 4 nitrogen and oxygen atoms in total. The number of rotatable bonds is 3. The van der Waals surface area contributed by atoms with E-state index >= 15 is 0 Å². The first kappa shape index (κ1) is 15.3. The van der Waals surface area contributed by atoms with Crippen LogP contribution in [0.25, 0.3) is 10.1 Å². The van der Waals surface area contributed by atoms with Crippen LogP contribution in [0.15, 0.2) is 18.2 Å². The van der Waals surface area contributed by atoms with Gasteiger partial charge in [0.25, 0.3) is 5.91 Å². The minimum Gasteiger partial charge on any atom is -0.497 e. The number of carbonyl (C=O) groups is 1. The molecule has 1 aliphatic heterocycles. The molecule has 1 saturated heterocycles. The number of carbonyl (C=O) groups excluding carboxylic acids is 1. The molecule has 22 heavy (non-hydrogen) atoms. The van der Waals surface area contributed by atoms with Crippen molar-refractivity contribution in [3.05, 3.63) is 28.6 Å². The predicted molar refractivity (Wildman–Crippen MR) is 88.8 cm³/mol. The number of ether oxygens (including phenoxy) is 1. The molecule has 0 saturated carbocycles. The molecule has 0 aliphatic carbocycles. The van der Waals surface area contributed by atoms with E-state index in [1.54, 1.807) is 18.4 Å². The van der Waals surface area contributed by atoms with E-state index in [-0.39, 0.29) is 12.5 Å². The molecule has 0 atom stereocenters. The molecule has 1 aromatic heterocycles. The summed E-state index contributed by atoms with van der Waals surface area (Å²) in [5.74, 6) is 1.28. The monoisotopic (exact) mass is 319 g/mol. The van der Waals surface area contributed by atoms with Crippen molar-refractivity contribution in [2.45, 2.75) is 19.8 Å². The summed E-state index contributed by atoms with van der Waals surface area (Å²) in [6.45, 7) is 3.71. The Morgan fingerprint density at radius 2 is 2.14 bits per heavy atom. The van der Waals surface area contributed by atoms with Gasteiger partial charge in [0.05, 0.1) is 12.0 Å². The average Bonchev–Trinajstić information content (AvgIpc) is 2.90. The van der Waals surface area contributed by atoms with E-state index in [2.05, 4.69) is 0 Å². The Bertz CT molecular complexity index is 687. The number of methoxy groups -OCH3 is 1. The summed E-state index contributed by atoms with van der Waals surface area (Å²) in [5.41, 5.74) is 1.04. The second kappa shape index (κ2) is 6.26. The largest absolute Gasteiger partial charge is 0.497 e. The molecule has 0 bridgehead atoms. The van der Waals surface area contributed by atoms with Crippen LogP contribution in [0.3, 0.4) is 0 Å². The molecule has 0 radical (unpaired) electrons. The molecular weight excluding hydrogens is 298 g/mol. The van der Waals surface area contributed by atoms with E-state index in [1.165, 1.54) is 0 Å². The zero-order valence-electron chi connectivity index (χ0n) is 13.0. The van der Waals surface area contributed by atoms with Gasteiger partial charge in [-0.25, -0.2) is 0 Å². The number of nitrogens with zero attached hydrogens (tertiary/aromatic N) is 1. The first-order valence-electron chi connectivity index (χ1n) is 7.61. The van der Waals surface area contributed by atoms with Crippen molar-refractivity contribution in [3.63, 3.8) is 0 Å². The van der Waals surface area contributed by atoms with Crippen LogP contribution < -0.4 is 4.74 Å². The molecule has 1 fully saturated rings. The first-order chi connectivity index (χ1) is 10.6. The molecule has 2 aromatic rings. The summed E-state index contributed by atoms with van der Waals surface area (Å²) in [4.78, 5) is 15.5. The molecule has 0 unspecified atom stereocenters. The maximum Gasteiger partial charge on any atom is 0.264 e. The summed E-state index contributed by atoms with van der Waals surface area (Å²) in [6.07, 6.45) is 1.78. The molecule has 1 aromatic carbocycles. The van der Waals surface area contributed by atoms with Crippen molar-refractivity contribution in [1.82, 2.24) is 4.90 Å². The molecular formula is C17H21NO3S. The zero-order valence-corrected chi connectivity index (χ0v) is 13.8. The van der Waals surface area contributed by atoms with Crippen LogP contribution in [0.4, 0.5) is 0 Å². The maximum absolute atomic E-state index is 12.8. The molecule has 118 valence electrons. The number of benzene rings is 1. The number of hydrogen-bond donors (Lipinski definition) is 1. The summed E-state index contributed by atoms with van der Waals surface area (Å²) >= 11 is 1.56. The van der Waals surface area contributed by atoms with Crippen LogP contribution in [0.2, 0.25) is 0 Å². The Kier molecular flexibility index (Phi) is 4.36. The van der Waals surface area contributed by atoms with Crippen LogP contribution in [0.5, 0.6) is 5.75 Å². The van der Waals surface area contributed by atoms with Gasteiger partial charge in [-0.2, -0.15) is 0 Å². The Morgan fingerprint density at radius 3 is 2.77 bits per heavy atom. The average molecular weight is 319 g/mol. The third-order valence-electron chi connectivity index (χ3n) is 4.50. The molecule has 1 amide bonds. The number of aliphatic hydroxyl groups excluding tert-OH is 1. The van der Waals surface area contributed by atoms with Crippen molar-refractivity contribution in [2.24, 2.45) is 5.92 Å². The standard InChI is InChI=1S/C17H21NO3S/c1-11-14-9-13(21-2)3-4-15(14)22-16(11)17(20)18-7-5-12(10-19)6-8-18/h3-4,9,12,19H,5-8,10H2,1-2H3. The molecule has 1 N–H and O–H groups in total. The summed E-state index contributed by atoms with van der Waals surface area (Å²) in [7, 11) is 1.65. The van der Waals surface area contributed by atoms with Crippen LogP contribution in [0.1, 0.15) is 28.1 Å².